The molecule has 0 saturated carbocycles. The summed E-state index contributed by atoms with van der Waals surface area (Å²) in [5.41, 5.74) is 5.47. The van der Waals surface area contributed by atoms with Gasteiger partial charge in [0.05, 0.1) is 12.1 Å². The number of amides is 1. The number of hydrogen-bond acceptors (Lipinski definition) is 3. The van der Waals surface area contributed by atoms with Crippen molar-refractivity contribution in [1.29, 1.82) is 0 Å². The topological polar surface area (TPSA) is 49.6 Å². The van der Waals surface area contributed by atoms with Gasteiger partial charge in [0.2, 0.25) is 5.91 Å². The fourth-order valence-electron chi connectivity index (χ4n) is 2.84. The van der Waals surface area contributed by atoms with Crippen molar-refractivity contribution in [3.8, 4) is 0 Å². The zero-order chi connectivity index (χ0) is 17.0. The summed E-state index contributed by atoms with van der Waals surface area (Å²) in [7, 11) is 0. The van der Waals surface area contributed by atoms with Crippen LogP contribution >= 0.6 is 0 Å². The number of nitrogens with two attached hydrogens (primary N) is 1. The van der Waals surface area contributed by atoms with Gasteiger partial charge in [-0.2, -0.15) is 13.2 Å². The van der Waals surface area contributed by atoms with E-state index in [9.17, 15) is 18.0 Å². The maximum absolute atomic E-state index is 12.6. The molecule has 0 aromatic heterocycles. The van der Waals surface area contributed by atoms with Crippen LogP contribution < -0.4 is 5.73 Å². The Morgan fingerprint density at radius 2 is 1.65 bits per heavy atom. The summed E-state index contributed by atoms with van der Waals surface area (Å²) in [6, 6.07) is 5.38. The molecule has 128 valence electrons. The van der Waals surface area contributed by atoms with Gasteiger partial charge in [-0.05, 0) is 23.6 Å². The second-order valence-corrected chi connectivity index (χ2v) is 6.06. The SMILES string of the molecule is CC(CN1CCN(CC(N)=O)CC1)c1ccc(C(F)(F)F)cc1. The molecule has 1 fully saturated rings. The number of carbonyl (C=O) groups is 1. The minimum atomic E-state index is -4.29. The van der Waals surface area contributed by atoms with Crippen LogP contribution in [0.4, 0.5) is 13.2 Å². The van der Waals surface area contributed by atoms with E-state index in [0.717, 1.165) is 50.4 Å². The van der Waals surface area contributed by atoms with Gasteiger partial charge in [-0.15, -0.1) is 0 Å². The summed E-state index contributed by atoms with van der Waals surface area (Å²) in [6.45, 7) is 6.30. The first-order valence-electron chi connectivity index (χ1n) is 7.66. The number of halogens is 3. The van der Waals surface area contributed by atoms with E-state index in [1.54, 1.807) is 12.1 Å². The molecule has 23 heavy (non-hydrogen) atoms. The Morgan fingerprint density at radius 3 is 2.13 bits per heavy atom. The van der Waals surface area contributed by atoms with Crippen molar-refractivity contribution in [3.63, 3.8) is 0 Å². The zero-order valence-corrected chi connectivity index (χ0v) is 13.1. The zero-order valence-electron chi connectivity index (χ0n) is 13.1. The standard InChI is InChI=1S/C16H22F3N3O/c1-12(13-2-4-14(5-3-13)16(17,18)19)10-21-6-8-22(9-7-21)11-15(20)23/h2-5,12H,6-11H2,1H3,(H2,20,23). The molecule has 1 aliphatic heterocycles. The highest BCUT2D eigenvalue weighted by Crippen LogP contribution is 2.30. The maximum atomic E-state index is 12.6. The van der Waals surface area contributed by atoms with E-state index in [0.29, 0.717) is 0 Å². The molecule has 4 nitrogen and oxygen atoms in total. The van der Waals surface area contributed by atoms with E-state index in [1.807, 2.05) is 11.8 Å². The van der Waals surface area contributed by atoms with E-state index >= 15 is 0 Å². The second kappa shape index (κ2) is 7.31. The summed E-state index contributed by atoms with van der Waals surface area (Å²) in [5, 5.41) is 0. The minimum Gasteiger partial charge on any atom is -0.369 e. The highest BCUT2D eigenvalue weighted by molar-refractivity contribution is 5.75. The number of primary amides is 1. The summed E-state index contributed by atoms with van der Waals surface area (Å²) in [5.74, 6) is -0.170. The first-order valence-corrected chi connectivity index (χ1v) is 7.66. The van der Waals surface area contributed by atoms with Gasteiger partial charge < -0.3 is 10.6 Å². The van der Waals surface area contributed by atoms with Crippen molar-refractivity contribution >= 4 is 5.91 Å². The van der Waals surface area contributed by atoms with Gasteiger partial charge in [0.15, 0.2) is 0 Å². The van der Waals surface area contributed by atoms with Crippen molar-refractivity contribution in [2.45, 2.75) is 19.0 Å². The molecular formula is C16H22F3N3O. The Kier molecular flexibility index (Phi) is 5.64. The molecule has 0 radical (unpaired) electrons. The Morgan fingerprint density at radius 1 is 1.13 bits per heavy atom. The molecule has 2 rings (SSSR count). The molecule has 1 aliphatic rings. The number of hydrogen-bond donors (Lipinski definition) is 1. The molecule has 1 aromatic carbocycles. The van der Waals surface area contributed by atoms with Gasteiger partial charge >= 0.3 is 6.18 Å². The molecular weight excluding hydrogens is 307 g/mol. The van der Waals surface area contributed by atoms with Crippen LogP contribution in [0.25, 0.3) is 0 Å². The highest BCUT2D eigenvalue weighted by Gasteiger charge is 2.30. The molecule has 1 heterocycles. The van der Waals surface area contributed by atoms with Gasteiger partial charge in [0, 0.05) is 32.7 Å². The molecule has 1 atom stereocenters. The van der Waals surface area contributed by atoms with Gasteiger partial charge in [0.25, 0.3) is 0 Å². The number of rotatable bonds is 5. The largest absolute Gasteiger partial charge is 0.416 e. The molecule has 1 saturated heterocycles. The van der Waals surface area contributed by atoms with Crippen molar-refractivity contribution in [1.82, 2.24) is 9.80 Å². The third kappa shape index (κ3) is 5.21. The number of benzene rings is 1. The average molecular weight is 329 g/mol. The summed E-state index contributed by atoms with van der Waals surface area (Å²) in [4.78, 5) is 15.2. The lowest BCUT2D eigenvalue weighted by molar-refractivity contribution is -0.137. The lowest BCUT2D eigenvalue weighted by atomic mass is 9.99. The third-order valence-corrected chi connectivity index (χ3v) is 4.18. The van der Waals surface area contributed by atoms with Crippen LogP contribution in [0.2, 0.25) is 0 Å². The molecule has 2 N–H and O–H groups in total. The van der Waals surface area contributed by atoms with Crippen LogP contribution in [0.1, 0.15) is 24.0 Å². The van der Waals surface area contributed by atoms with Crippen LogP contribution in [0.5, 0.6) is 0 Å². The monoisotopic (exact) mass is 329 g/mol. The van der Waals surface area contributed by atoms with Gasteiger partial charge in [-0.1, -0.05) is 19.1 Å². The molecule has 0 spiro atoms. The number of alkyl halides is 3. The predicted molar refractivity (Wildman–Crippen MR) is 81.9 cm³/mol. The van der Waals surface area contributed by atoms with E-state index in [-0.39, 0.29) is 18.4 Å². The van der Waals surface area contributed by atoms with E-state index in [4.69, 9.17) is 5.73 Å². The quantitative estimate of drug-likeness (QED) is 0.898. The third-order valence-electron chi connectivity index (χ3n) is 4.18. The fraction of sp³-hybridized carbons (Fsp3) is 0.562. The normalized spacial score (nSPS) is 18.8. The van der Waals surface area contributed by atoms with Gasteiger partial charge in [-0.3, -0.25) is 9.69 Å². The van der Waals surface area contributed by atoms with Crippen molar-refractivity contribution < 1.29 is 18.0 Å². The Bertz CT molecular complexity index is 522. The molecule has 0 aliphatic carbocycles. The fourth-order valence-corrected chi connectivity index (χ4v) is 2.84. The molecule has 7 heteroatoms. The lowest BCUT2D eigenvalue weighted by Crippen LogP contribution is -2.49. The average Bonchev–Trinajstić information content (AvgIpc) is 2.48. The van der Waals surface area contributed by atoms with Crippen molar-refractivity contribution in [2.75, 3.05) is 39.3 Å². The van der Waals surface area contributed by atoms with E-state index in [1.165, 1.54) is 0 Å². The molecule has 1 aromatic rings. The summed E-state index contributed by atoms with van der Waals surface area (Å²) < 4.78 is 37.7. The lowest BCUT2D eigenvalue weighted by Gasteiger charge is -2.35. The van der Waals surface area contributed by atoms with Crippen LogP contribution in [0, 0.1) is 0 Å². The van der Waals surface area contributed by atoms with Crippen molar-refractivity contribution in [3.05, 3.63) is 35.4 Å². The van der Waals surface area contributed by atoms with E-state index < -0.39 is 11.7 Å². The highest BCUT2D eigenvalue weighted by atomic mass is 19.4. The van der Waals surface area contributed by atoms with Crippen LogP contribution in [0.15, 0.2) is 24.3 Å². The predicted octanol–water partition coefficient (Wildman–Crippen LogP) is 1.91. The van der Waals surface area contributed by atoms with Crippen LogP contribution in [-0.2, 0) is 11.0 Å². The number of carbonyl (C=O) groups excluding carboxylic acids is 1. The first-order chi connectivity index (χ1) is 10.8. The molecule has 1 amide bonds. The summed E-state index contributed by atoms with van der Waals surface area (Å²) >= 11 is 0. The van der Waals surface area contributed by atoms with Crippen LogP contribution in [-0.4, -0.2) is 55.0 Å². The first kappa shape index (κ1) is 17.7. The Balaban J connectivity index is 1.85. The molecule has 1 unspecified atom stereocenters. The summed E-state index contributed by atoms with van der Waals surface area (Å²) in [6.07, 6.45) is -4.29. The Labute approximate surface area is 134 Å². The van der Waals surface area contributed by atoms with Crippen molar-refractivity contribution in [2.24, 2.45) is 5.73 Å². The Hall–Kier alpha value is -1.60. The van der Waals surface area contributed by atoms with Gasteiger partial charge in [-0.25, -0.2) is 0 Å². The van der Waals surface area contributed by atoms with Crippen LogP contribution in [0.3, 0.4) is 0 Å². The second-order valence-electron chi connectivity index (χ2n) is 6.06. The number of nitrogens with zero attached hydrogens (tertiary/aromatic N) is 2. The maximum Gasteiger partial charge on any atom is 0.416 e. The van der Waals surface area contributed by atoms with E-state index in [2.05, 4.69) is 4.90 Å². The smallest absolute Gasteiger partial charge is 0.369 e. The minimum absolute atomic E-state index is 0.153. The molecule has 0 bridgehead atoms. The number of piperazine rings is 1. The van der Waals surface area contributed by atoms with Gasteiger partial charge in [0.1, 0.15) is 0 Å².